The number of rotatable bonds is 1. The van der Waals surface area contributed by atoms with Crippen molar-refractivity contribution in [3.05, 3.63) is 17.8 Å². The Morgan fingerprint density at radius 2 is 1.84 bits per heavy atom. The van der Waals surface area contributed by atoms with Gasteiger partial charge in [0, 0.05) is 19.8 Å². The maximum absolute atomic E-state index is 6.14. The van der Waals surface area contributed by atoms with Gasteiger partial charge >= 0.3 is 7.12 Å². The molecular weight excluding hydrogens is 239 g/mol. The Bertz CT molecular complexity index is 500. The molecular formula is C14H21BN2O2. The van der Waals surface area contributed by atoms with Crippen LogP contribution in [0.1, 0.15) is 33.3 Å². The molecule has 5 heteroatoms. The van der Waals surface area contributed by atoms with Gasteiger partial charge in [0.25, 0.3) is 0 Å². The molecule has 0 atom stereocenters. The zero-order chi connectivity index (χ0) is 13.8. The van der Waals surface area contributed by atoms with Gasteiger partial charge in [-0.3, -0.25) is 0 Å². The lowest BCUT2D eigenvalue weighted by Crippen LogP contribution is -2.41. The van der Waals surface area contributed by atoms with Crippen LogP contribution in [-0.2, 0) is 15.7 Å². The van der Waals surface area contributed by atoms with E-state index in [2.05, 4.69) is 44.6 Å². The third-order valence-electron chi connectivity index (χ3n) is 4.64. The van der Waals surface area contributed by atoms with E-state index < -0.39 is 0 Å². The summed E-state index contributed by atoms with van der Waals surface area (Å²) < 4.78 is 12.3. The van der Waals surface area contributed by atoms with E-state index in [9.17, 15) is 0 Å². The number of hydrogen-bond donors (Lipinski definition) is 0. The number of hydrogen-bond acceptors (Lipinski definition) is 4. The van der Waals surface area contributed by atoms with Gasteiger partial charge in [-0.05, 0) is 51.2 Å². The molecule has 0 unspecified atom stereocenters. The van der Waals surface area contributed by atoms with Crippen LogP contribution in [0, 0.1) is 0 Å². The van der Waals surface area contributed by atoms with Gasteiger partial charge < -0.3 is 14.2 Å². The Kier molecular flexibility index (Phi) is 2.70. The monoisotopic (exact) mass is 260 g/mol. The number of pyridine rings is 1. The third-order valence-corrected chi connectivity index (χ3v) is 4.64. The van der Waals surface area contributed by atoms with Crippen molar-refractivity contribution >= 4 is 18.4 Å². The molecule has 0 N–H and O–H groups in total. The van der Waals surface area contributed by atoms with Crippen molar-refractivity contribution in [2.24, 2.45) is 0 Å². The molecule has 3 rings (SSSR count). The zero-order valence-electron chi connectivity index (χ0n) is 12.4. The first-order chi connectivity index (χ1) is 8.82. The van der Waals surface area contributed by atoms with Gasteiger partial charge in [-0.15, -0.1) is 0 Å². The molecule has 1 fully saturated rings. The number of aromatic nitrogens is 1. The van der Waals surface area contributed by atoms with Crippen LogP contribution in [0.2, 0.25) is 0 Å². The number of likely N-dealkylation sites (N-methyl/N-ethyl adjacent to an activating group) is 1. The largest absolute Gasteiger partial charge is 0.495 e. The van der Waals surface area contributed by atoms with Crippen molar-refractivity contribution in [3.8, 4) is 0 Å². The second-order valence-corrected chi connectivity index (χ2v) is 6.46. The summed E-state index contributed by atoms with van der Waals surface area (Å²) in [5, 5.41) is 0. The Hall–Kier alpha value is -1.07. The molecule has 0 bridgehead atoms. The minimum atomic E-state index is -0.293. The summed E-state index contributed by atoms with van der Waals surface area (Å²) in [6.07, 6.45) is 2.86. The van der Waals surface area contributed by atoms with Crippen LogP contribution in [0.5, 0.6) is 0 Å². The van der Waals surface area contributed by atoms with Crippen LogP contribution in [0.3, 0.4) is 0 Å². The van der Waals surface area contributed by atoms with E-state index in [0.29, 0.717) is 0 Å². The second-order valence-electron chi connectivity index (χ2n) is 6.46. The Labute approximate surface area is 115 Å². The molecule has 2 aliphatic rings. The summed E-state index contributed by atoms with van der Waals surface area (Å²) in [4.78, 5) is 6.64. The first kappa shape index (κ1) is 12.9. The molecule has 1 aromatic heterocycles. The van der Waals surface area contributed by atoms with Crippen molar-refractivity contribution in [1.82, 2.24) is 4.98 Å². The molecule has 0 aromatic carbocycles. The maximum Gasteiger partial charge on any atom is 0.495 e. The van der Waals surface area contributed by atoms with Crippen molar-refractivity contribution in [2.75, 3.05) is 18.5 Å². The number of nitrogens with zero attached hydrogens (tertiary/aromatic N) is 2. The molecule has 0 aliphatic carbocycles. The van der Waals surface area contributed by atoms with Gasteiger partial charge in [-0.1, -0.05) is 0 Å². The molecule has 3 heterocycles. The molecule has 2 aliphatic heterocycles. The van der Waals surface area contributed by atoms with Crippen molar-refractivity contribution in [2.45, 2.75) is 45.3 Å². The Balaban J connectivity index is 1.98. The van der Waals surface area contributed by atoms with Crippen LogP contribution in [0.25, 0.3) is 0 Å². The predicted octanol–water partition coefficient (Wildman–Crippen LogP) is 1.37. The number of anilines is 1. The van der Waals surface area contributed by atoms with Gasteiger partial charge in [-0.2, -0.15) is 0 Å². The molecule has 0 amide bonds. The first-order valence-corrected chi connectivity index (χ1v) is 6.86. The van der Waals surface area contributed by atoms with Crippen LogP contribution in [-0.4, -0.2) is 36.9 Å². The summed E-state index contributed by atoms with van der Waals surface area (Å²) in [5.41, 5.74) is 1.81. The minimum Gasteiger partial charge on any atom is -0.399 e. The average Bonchev–Trinajstić information content (AvgIpc) is 2.78. The molecule has 0 spiro atoms. The van der Waals surface area contributed by atoms with E-state index in [0.717, 1.165) is 24.2 Å². The van der Waals surface area contributed by atoms with E-state index in [4.69, 9.17) is 9.31 Å². The quantitative estimate of drug-likeness (QED) is 0.714. The standard InChI is InChI=1S/C14H21BN2O2/c1-13(2)14(3,4)19-15(18-13)11-6-8-16-12-10(11)7-9-17(12)5/h6,8H,7,9H2,1-5H3. The fourth-order valence-electron chi connectivity index (χ4n) is 2.66. The lowest BCUT2D eigenvalue weighted by atomic mass is 9.76. The summed E-state index contributed by atoms with van der Waals surface area (Å²) in [6, 6.07) is 2.03. The number of fused-ring (bicyclic) bond motifs is 1. The molecule has 1 aromatic rings. The van der Waals surface area contributed by atoms with Gasteiger partial charge in [-0.25, -0.2) is 4.98 Å². The SMILES string of the molecule is CN1CCc2c(B3OC(C)(C)C(C)(C)O3)ccnc21. The van der Waals surface area contributed by atoms with Crippen molar-refractivity contribution in [1.29, 1.82) is 0 Å². The lowest BCUT2D eigenvalue weighted by Gasteiger charge is -2.32. The fourth-order valence-corrected chi connectivity index (χ4v) is 2.66. The summed E-state index contributed by atoms with van der Waals surface area (Å²) in [6.45, 7) is 9.35. The molecule has 102 valence electrons. The lowest BCUT2D eigenvalue weighted by molar-refractivity contribution is 0.00578. The average molecular weight is 260 g/mol. The molecule has 0 saturated carbocycles. The summed E-state index contributed by atoms with van der Waals surface area (Å²) >= 11 is 0. The Morgan fingerprint density at radius 1 is 1.21 bits per heavy atom. The second kappa shape index (κ2) is 3.96. The highest BCUT2D eigenvalue weighted by molar-refractivity contribution is 6.62. The smallest absolute Gasteiger partial charge is 0.399 e. The van der Waals surface area contributed by atoms with Crippen LogP contribution in [0.15, 0.2) is 12.3 Å². The van der Waals surface area contributed by atoms with E-state index >= 15 is 0 Å². The van der Waals surface area contributed by atoms with Crippen LogP contribution >= 0.6 is 0 Å². The summed E-state index contributed by atoms with van der Waals surface area (Å²) in [7, 11) is 1.79. The molecule has 19 heavy (non-hydrogen) atoms. The van der Waals surface area contributed by atoms with E-state index in [-0.39, 0.29) is 18.3 Å². The molecule has 4 nitrogen and oxygen atoms in total. The van der Waals surface area contributed by atoms with E-state index in [1.165, 1.54) is 5.56 Å². The summed E-state index contributed by atoms with van der Waals surface area (Å²) in [5.74, 6) is 1.06. The highest BCUT2D eigenvalue weighted by atomic mass is 16.7. The normalized spacial score (nSPS) is 23.8. The van der Waals surface area contributed by atoms with Crippen LogP contribution < -0.4 is 10.4 Å². The Morgan fingerprint density at radius 3 is 2.47 bits per heavy atom. The van der Waals surface area contributed by atoms with Crippen molar-refractivity contribution in [3.63, 3.8) is 0 Å². The van der Waals surface area contributed by atoms with Gasteiger partial charge in [0.05, 0.1) is 11.2 Å². The first-order valence-electron chi connectivity index (χ1n) is 6.86. The van der Waals surface area contributed by atoms with Gasteiger partial charge in [0.2, 0.25) is 0 Å². The fraction of sp³-hybridized carbons (Fsp3) is 0.643. The van der Waals surface area contributed by atoms with Gasteiger partial charge in [0.15, 0.2) is 0 Å². The highest BCUT2D eigenvalue weighted by Crippen LogP contribution is 2.37. The molecule has 1 saturated heterocycles. The van der Waals surface area contributed by atoms with E-state index in [1.54, 1.807) is 0 Å². The maximum atomic E-state index is 6.14. The topological polar surface area (TPSA) is 34.6 Å². The predicted molar refractivity (Wildman–Crippen MR) is 76.9 cm³/mol. The molecule has 0 radical (unpaired) electrons. The third kappa shape index (κ3) is 1.87. The van der Waals surface area contributed by atoms with Gasteiger partial charge in [0.1, 0.15) is 5.82 Å². The highest BCUT2D eigenvalue weighted by Gasteiger charge is 2.52. The minimum absolute atomic E-state index is 0.284. The zero-order valence-corrected chi connectivity index (χ0v) is 12.4. The van der Waals surface area contributed by atoms with Crippen LogP contribution in [0.4, 0.5) is 5.82 Å². The van der Waals surface area contributed by atoms with Crippen molar-refractivity contribution < 1.29 is 9.31 Å². The van der Waals surface area contributed by atoms with E-state index in [1.807, 2.05) is 12.3 Å².